The topological polar surface area (TPSA) is 59.1 Å². The lowest BCUT2D eigenvalue weighted by Gasteiger charge is -2.20. The van der Waals surface area contributed by atoms with Crippen molar-refractivity contribution in [1.29, 1.82) is 0 Å². The van der Waals surface area contributed by atoms with Crippen molar-refractivity contribution in [1.82, 2.24) is 15.3 Å². The standard InChI is InChI=1S/C13H22N4O/c1-9(2)4-7-15-12-10-8-14-6-5-11(10)16-13(17-12)18-3/h9,14H,4-8H2,1-3H3,(H,15,16,17). The molecule has 0 radical (unpaired) electrons. The highest BCUT2D eigenvalue weighted by Gasteiger charge is 2.17. The molecule has 0 aliphatic carbocycles. The van der Waals surface area contributed by atoms with Crippen LogP contribution in [0.25, 0.3) is 0 Å². The smallest absolute Gasteiger partial charge is 0.318 e. The molecule has 1 aromatic rings. The first-order valence-corrected chi connectivity index (χ1v) is 6.59. The first kappa shape index (κ1) is 13.1. The highest BCUT2D eigenvalue weighted by molar-refractivity contribution is 5.48. The van der Waals surface area contributed by atoms with E-state index in [1.54, 1.807) is 7.11 Å². The molecule has 0 saturated carbocycles. The van der Waals surface area contributed by atoms with Crippen LogP contribution in [-0.2, 0) is 13.0 Å². The molecule has 1 aliphatic rings. The summed E-state index contributed by atoms with van der Waals surface area (Å²) in [6.45, 7) is 7.19. The molecule has 0 aromatic carbocycles. The Morgan fingerprint density at radius 2 is 2.22 bits per heavy atom. The summed E-state index contributed by atoms with van der Waals surface area (Å²) in [5.74, 6) is 1.61. The second kappa shape index (κ2) is 6.00. The number of ether oxygens (including phenoxy) is 1. The molecule has 0 spiro atoms. The molecule has 0 saturated heterocycles. The van der Waals surface area contributed by atoms with E-state index in [9.17, 15) is 0 Å². The zero-order valence-corrected chi connectivity index (χ0v) is 11.4. The van der Waals surface area contributed by atoms with Gasteiger partial charge in [0.15, 0.2) is 0 Å². The van der Waals surface area contributed by atoms with Gasteiger partial charge in [0.2, 0.25) is 0 Å². The Labute approximate surface area is 108 Å². The van der Waals surface area contributed by atoms with E-state index < -0.39 is 0 Å². The number of methoxy groups -OCH3 is 1. The molecule has 5 nitrogen and oxygen atoms in total. The fourth-order valence-corrected chi connectivity index (χ4v) is 2.04. The van der Waals surface area contributed by atoms with Gasteiger partial charge in [-0.2, -0.15) is 9.97 Å². The van der Waals surface area contributed by atoms with Crippen LogP contribution in [0.5, 0.6) is 6.01 Å². The summed E-state index contributed by atoms with van der Waals surface area (Å²) >= 11 is 0. The number of fused-ring (bicyclic) bond motifs is 1. The van der Waals surface area contributed by atoms with Gasteiger partial charge in [-0.3, -0.25) is 0 Å². The third-order valence-electron chi connectivity index (χ3n) is 3.11. The molecular formula is C13H22N4O. The molecule has 0 bridgehead atoms. The minimum atomic E-state index is 0.461. The highest BCUT2D eigenvalue weighted by Crippen LogP contribution is 2.22. The number of hydrogen-bond acceptors (Lipinski definition) is 5. The summed E-state index contributed by atoms with van der Waals surface area (Å²) in [7, 11) is 1.61. The molecule has 0 atom stereocenters. The molecule has 0 unspecified atom stereocenters. The van der Waals surface area contributed by atoms with E-state index in [2.05, 4.69) is 34.4 Å². The normalized spacial score (nSPS) is 14.4. The summed E-state index contributed by atoms with van der Waals surface area (Å²) in [5.41, 5.74) is 2.29. The maximum atomic E-state index is 5.17. The van der Waals surface area contributed by atoms with E-state index in [4.69, 9.17) is 4.74 Å². The Hall–Kier alpha value is -1.36. The maximum absolute atomic E-state index is 5.17. The van der Waals surface area contributed by atoms with Gasteiger partial charge in [-0.1, -0.05) is 13.8 Å². The van der Waals surface area contributed by atoms with E-state index in [1.165, 1.54) is 5.56 Å². The first-order valence-electron chi connectivity index (χ1n) is 6.59. The number of nitrogens with zero attached hydrogens (tertiary/aromatic N) is 2. The van der Waals surface area contributed by atoms with Crippen LogP contribution >= 0.6 is 0 Å². The number of aromatic nitrogens is 2. The molecule has 0 fully saturated rings. The Morgan fingerprint density at radius 1 is 1.39 bits per heavy atom. The highest BCUT2D eigenvalue weighted by atomic mass is 16.5. The minimum Gasteiger partial charge on any atom is -0.467 e. The van der Waals surface area contributed by atoms with E-state index in [0.29, 0.717) is 11.9 Å². The summed E-state index contributed by atoms with van der Waals surface area (Å²) in [5, 5.41) is 6.76. The summed E-state index contributed by atoms with van der Waals surface area (Å²) in [6.07, 6.45) is 2.07. The quantitative estimate of drug-likeness (QED) is 0.831. The molecule has 5 heteroatoms. The van der Waals surface area contributed by atoms with Crippen molar-refractivity contribution < 1.29 is 4.74 Å². The predicted molar refractivity (Wildman–Crippen MR) is 71.9 cm³/mol. The molecule has 2 heterocycles. The first-order chi connectivity index (χ1) is 8.70. The van der Waals surface area contributed by atoms with Crippen molar-refractivity contribution in [3.05, 3.63) is 11.3 Å². The Kier molecular flexibility index (Phi) is 4.36. The van der Waals surface area contributed by atoms with E-state index >= 15 is 0 Å². The van der Waals surface area contributed by atoms with Crippen LogP contribution in [0.2, 0.25) is 0 Å². The second-order valence-corrected chi connectivity index (χ2v) is 5.02. The lowest BCUT2D eigenvalue weighted by Crippen LogP contribution is -2.26. The Balaban J connectivity index is 2.16. The maximum Gasteiger partial charge on any atom is 0.318 e. The lowest BCUT2D eigenvalue weighted by molar-refractivity contribution is 0.376. The van der Waals surface area contributed by atoms with Crippen molar-refractivity contribution in [3.63, 3.8) is 0 Å². The number of rotatable bonds is 5. The third kappa shape index (κ3) is 3.10. The molecule has 2 rings (SSSR count). The second-order valence-electron chi connectivity index (χ2n) is 5.02. The van der Waals surface area contributed by atoms with Crippen LogP contribution in [0.1, 0.15) is 31.5 Å². The van der Waals surface area contributed by atoms with Crippen LogP contribution in [0, 0.1) is 5.92 Å². The van der Waals surface area contributed by atoms with Crippen molar-refractivity contribution >= 4 is 5.82 Å². The van der Waals surface area contributed by atoms with E-state index in [0.717, 1.165) is 44.0 Å². The van der Waals surface area contributed by atoms with Gasteiger partial charge in [-0.25, -0.2) is 0 Å². The van der Waals surface area contributed by atoms with Crippen molar-refractivity contribution in [2.45, 2.75) is 33.2 Å². The van der Waals surface area contributed by atoms with E-state index in [1.807, 2.05) is 0 Å². The van der Waals surface area contributed by atoms with Crippen molar-refractivity contribution in [2.24, 2.45) is 5.92 Å². The molecule has 2 N–H and O–H groups in total. The van der Waals surface area contributed by atoms with Gasteiger partial charge in [-0.15, -0.1) is 0 Å². The Bertz CT molecular complexity index is 406. The van der Waals surface area contributed by atoms with Crippen LogP contribution in [0.3, 0.4) is 0 Å². The summed E-state index contributed by atoms with van der Waals surface area (Å²) in [6, 6.07) is 0.461. The Morgan fingerprint density at radius 3 is 2.94 bits per heavy atom. The molecular weight excluding hydrogens is 228 g/mol. The number of anilines is 1. The van der Waals surface area contributed by atoms with Crippen LogP contribution in [-0.4, -0.2) is 30.2 Å². The fourth-order valence-electron chi connectivity index (χ4n) is 2.04. The SMILES string of the molecule is COc1nc2c(c(NCCC(C)C)n1)CNCC2. The molecule has 18 heavy (non-hydrogen) atoms. The zero-order chi connectivity index (χ0) is 13.0. The third-order valence-corrected chi connectivity index (χ3v) is 3.11. The van der Waals surface area contributed by atoms with Gasteiger partial charge < -0.3 is 15.4 Å². The van der Waals surface area contributed by atoms with Crippen LogP contribution < -0.4 is 15.4 Å². The summed E-state index contributed by atoms with van der Waals surface area (Å²) < 4.78 is 5.17. The van der Waals surface area contributed by atoms with Gasteiger partial charge in [0.1, 0.15) is 5.82 Å². The van der Waals surface area contributed by atoms with Crippen molar-refractivity contribution in [2.75, 3.05) is 25.5 Å². The molecule has 1 aliphatic heterocycles. The zero-order valence-electron chi connectivity index (χ0n) is 11.4. The van der Waals surface area contributed by atoms with Gasteiger partial charge in [0, 0.05) is 31.6 Å². The predicted octanol–water partition coefficient (Wildman–Crippen LogP) is 1.59. The molecule has 100 valence electrons. The largest absolute Gasteiger partial charge is 0.467 e. The van der Waals surface area contributed by atoms with Gasteiger partial charge in [-0.05, 0) is 12.3 Å². The molecule has 1 aromatic heterocycles. The van der Waals surface area contributed by atoms with Crippen molar-refractivity contribution in [3.8, 4) is 6.01 Å². The lowest BCUT2D eigenvalue weighted by atomic mass is 10.1. The monoisotopic (exact) mass is 250 g/mol. The number of nitrogens with one attached hydrogen (secondary N) is 2. The van der Waals surface area contributed by atoms with Gasteiger partial charge in [0.25, 0.3) is 0 Å². The average molecular weight is 250 g/mol. The van der Waals surface area contributed by atoms with Crippen LogP contribution in [0.4, 0.5) is 5.82 Å². The average Bonchev–Trinajstić information content (AvgIpc) is 2.38. The fraction of sp³-hybridized carbons (Fsp3) is 0.692. The van der Waals surface area contributed by atoms with Crippen LogP contribution in [0.15, 0.2) is 0 Å². The summed E-state index contributed by atoms with van der Waals surface area (Å²) in [4.78, 5) is 8.84. The van der Waals surface area contributed by atoms with E-state index in [-0.39, 0.29) is 0 Å². The molecule has 0 amide bonds. The number of hydrogen-bond donors (Lipinski definition) is 2. The van der Waals surface area contributed by atoms with Gasteiger partial charge >= 0.3 is 6.01 Å². The minimum absolute atomic E-state index is 0.461. The van der Waals surface area contributed by atoms with Gasteiger partial charge in [0.05, 0.1) is 12.8 Å².